The van der Waals surface area contributed by atoms with Gasteiger partial charge in [0.15, 0.2) is 0 Å². The average molecular weight is 374 g/mol. The van der Waals surface area contributed by atoms with Gasteiger partial charge in [0, 0.05) is 12.5 Å². The van der Waals surface area contributed by atoms with E-state index >= 15 is 0 Å². The third kappa shape index (κ3) is 8.81. The molecule has 0 aromatic heterocycles. The van der Waals surface area contributed by atoms with Crippen molar-refractivity contribution in [2.75, 3.05) is 6.61 Å². The Kier molecular flexibility index (Phi) is 10.3. The van der Waals surface area contributed by atoms with E-state index in [1.807, 2.05) is 12.1 Å². The molecule has 27 heavy (non-hydrogen) atoms. The second kappa shape index (κ2) is 12.8. The monoisotopic (exact) mass is 373 g/mol. The van der Waals surface area contributed by atoms with E-state index in [9.17, 15) is 4.79 Å². The third-order valence-electron chi connectivity index (χ3n) is 5.83. The fourth-order valence-corrected chi connectivity index (χ4v) is 3.90. The van der Waals surface area contributed by atoms with Crippen LogP contribution in [-0.4, -0.2) is 18.6 Å². The minimum atomic E-state index is 0.191. The zero-order valence-corrected chi connectivity index (χ0v) is 17.5. The highest BCUT2D eigenvalue weighted by Gasteiger charge is 2.12. The van der Waals surface area contributed by atoms with Crippen LogP contribution in [0.2, 0.25) is 0 Å². The van der Waals surface area contributed by atoms with Crippen LogP contribution < -0.4 is 10.1 Å². The van der Waals surface area contributed by atoms with Crippen molar-refractivity contribution in [2.24, 2.45) is 0 Å². The summed E-state index contributed by atoms with van der Waals surface area (Å²) >= 11 is 0. The van der Waals surface area contributed by atoms with Crippen LogP contribution in [-0.2, 0) is 4.79 Å². The second-order valence-electron chi connectivity index (χ2n) is 8.17. The molecule has 1 aliphatic rings. The van der Waals surface area contributed by atoms with E-state index in [0.717, 1.165) is 25.0 Å². The molecule has 0 radical (unpaired) electrons. The highest BCUT2D eigenvalue weighted by molar-refractivity contribution is 5.76. The second-order valence-corrected chi connectivity index (χ2v) is 8.17. The van der Waals surface area contributed by atoms with Gasteiger partial charge in [-0.3, -0.25) is 4.79 Å². The molecule has 3 heteroatoms. The molecular formula is C24H39NO2. The molecule has 0 heterocycles. The van der Waals surface area contributed by atoms with Gasteiger partial charge in [-0.2, -0.15) is 0 Å². The molecule has 1 saturated carbocycles. The summed E-state index contributed by atoms with van der Waals surface area (Å²) in [6, 6.07) is 6.50. The van der Waals surface area contributed by atoms with Crippen molar-refractivity contribution in [2.45, 2.75) is 103 Å². The normalized spacial score (nSPS) is 17.6. The van der Waals surface area contributed by atoms with Crippen LogP contribution in [0.4, 0.5) is 0 Å². The molecule has 1 N–H and O–H groups in total. The van der Waals surface area contributed by atoms with Crippen LogP contribution in [0.5, 0.6) is 5.75 Å². The summed E-state index contributed by atoms with van der Waals surface area (Å²) in [5.41, 5.74) is 2.43. The fraction of sp³-hybridized carbons (Fsp3) is 0.708. The van der Waals surface area contributed by atoms with E-state index in [4.69, 9.17) is 4.74 Å². The Bertz CT molecular complexity index is 543. The van der Waals surface area contributed by atoms with Gasteiger partial charge in [0.2, 0.25) is 5.91 Å². The number of carbonyl (C=O) groups is 1. The summed E-state index contributed by atoms with van der Waals surface area (Å²) in [5, 5.41) is 3.30. The molecule has 1 aromatic rings. The molecule has 1 aromatic carbocycles. The van der Waals surface area contributed by atoms with Crippen LogP contribution in [0, 0.1) is 13.8 Å². The fourth-order valence-electron chi connectivity index (χ4n) is 3.90. The van der Waals surface area contributed by atoms with Gasteiger partial charge in [-0.1, -0.05) is 69.9 Å². The van der Waals surface area contributed by atoms with E-state index in [1.54, 1.807) is 0 Å². The Hall–Kier alpha value is -1.51. The predicted octanol–water partition coefficient (Wildman–Crippen LogP) is 6.25. The lowest BCUT2D eigenvalue weighted by Crippen LogP contribution is -2.35. The Morgan fingerprint density at radius 2 is 1.56 bits per heavy atom. The van der Waals surface area contributed by atoms with Gasteiger partial charge in [0.05, 0.1) is 6.61 Å². The molecule has 0 spiro atoms. The van der Waals surface area contributed by atoms with Gasteiger partial charge >= 0.3 is 0 Å². The zero-order chi connectivity index (χ0) is 19.3. The number of amides is 1. The van der Waals surface area contributed by atoms with Crippen LogP contribution in [0.3, 0.4) is 0 Å². The van der Waals surface area contributed by atoms with E-state index < -0.39 is 0 Å². The minimum Gasteiger partial charge on any atom is -0.493 e. The van der Waals surface area contributed by atoms with E-state index in [0.29, 0.717) is 19.1 Å². The van der Waals surface area contributed by atoms with E-state index in [-0.39, 0.29) is 5.91 Å². The van der Waals surface area contributed by atoms with Crippen LogP contribution in [0.15, 0.2) is 18.2 Å². The summed E-state index contributed by atoms with van der Waals surface area (Å²) in [4.78, 5) is 12.4. The molecule has 1 fully saturated rings. The molecule has 0 unspecified atom stereocenters. The first-order chi connectivity index (χ1) is 13.2. The Labute approximate surface area is 166 Å². The van der Waals surface area contributed by atoms with Crippen molar-refractivity contribution in [3.8, 4) is 5.75 Å². The van der Waals surface area contributed by atoms with Gasteiger partial charge in [-0.25, -0.2) is 0 Å². The molecular weight excluding hydrogens is 334 g/mol. The first-order valence-corrected chi connectivity index (χ1v) is 11.1. The van der Waals surface area contributed by atoms with Crippen molar-refractivity contribution in [1.29, 1.82) is 0 Å². The number of ether oxygens (including phenoxy) is 1. The summed E-state index contributed by atoms with van der Waals surface area (Å²) < 4.78 is 5.87. The van der Waals surface area contributed by atoms with Crippen LogP contribution in [0.25, 0.3) is 0 Å². The maximum atomic E-state index is 12.4. The average Bonchev–Trinajstić information content (AvgIpc) is 2.64. The number of benzene rings is 1. The van der Waals surface area contributed by atoms with Crippen molar-refractivity contribution in [3.63, 3.8) is 0 Å². The number of rotatable bonds is 6. The number of hydrogen-bond donors (Lipinski definition) is 1. The van der Waals surface area contributed by atoms with Crippen molar-refractivity contribution in [3.05, 3.63) is 29.3 Å². The van der Waals surface area contributed by atoms with Crippen molar-refractivity contribution in [1.82, 2.24) is 5.32 Å². The Morgan fingerprint density at radius 1 is 0.963 bits per heavy atom. The number of aryl methyl sites for hydroxylation is 1. The van der Waals surface area contributed by atoms with Gasteiger partial charge in [0.1, 0.15) is 5.75 Å². The summed E-state index contributed by atoms with van der Waals surface area (Å²) in [7, 11) is 0. The Morgan fingerprint density at radius 3 is 2.19 bits per heavy atom. The standard InChI is InChI=1S/C24H39NO2/c1-20-14-12-17-23(21(20)2)27-19-13-18-24(26)25-22-15-10-8-6-4-3-5-7-9-11-16-22/h12,14,17,22H,3-11,13,15-16,18-19H2,1-2H3,(H,25,26). The molecule has 0 bridgehead atoms. The number of nitrogens with one attached hydrogen (secondary N) is 1. The summed E-state index contributed by atoms with van der Waals surface area (Å²) in [6.07, 6.45) is 15.6. The molecule has 3 nitrogen and oxygen atoms in total. The lowest BCUT2D eigenvalue weighted by atomic mass is 9.98. The predicted molar refractivity (Wildman–Crippen MR) is 113 cm³/mol. The van der Waals surface area contributed by atoms with E-state index in [1.165, 1.54) is 68.9 Å². The van der Waals surface area contributed by atoms with E-state index in [2.05, 4.69) is 25.2 Å². The third-order valence-corrected chi connectivity index (χ3v) is 5.83. The lowest BCUT2D eigenvalue weighted by molar-refractivity contribution is -0.122. The topological polar surface area (TPSA) is 38.3 Å². The van der Waals surface area contributed by atoms with Gasteiger partial charge in [0.25, 0.3) is 0 Å². The molecule has 2 rings (SSSR count). The molecule has 1 amide bonds. The molecule has 0 atom stereocenters. The Balaban J connectivity index is 1.67. The highest BCUT2D eigenvalue weighted by Crippen LogP contribution is 2.21. The van der Waals surface area contributed by atoms with Crippen LogP contribution in [0.1, 0.15) is 94.6 Å². The maximum Gasteiger partial charge on any atom is 0.220 e. The zero-order valence-electron chi connectivity index (χ0n) is 17.5. The molecule has 0 saturated heterocycles. The first-order valence-electron chi connectivity index (χ1n) is 11.1. The van der Waals surface area contributed by atoms with Gasteiger partial charge < -0.3 is 10.1 Å². The van der Waals surface area contributed by atoms with Gasteiger partial charge in [-0.05, 0) is 50.3 Å². The SMILES string of the molecule is Cc1cccc(OCCCC(=O)NC2CCCCCCCCCCC2)c1C. The first kappa shape index (κ1) is 21.8. The molecule has 152 valence electrons. The number of hydrogen-bond acceptors (Lipinski definition) is 2. The highest BCUT2D eigenvalue weighted by atomic mass is 16.5. The van der Waals surface area contributed by atoms with Crippen molar-refractivity contribution >= 4 is 5.91 Å². The quantitative estimate of drug-likeness (QED) is 0.598. The number of carbonyl (C=O) groups excluding carboxylic acids is 1. The lowest BCUT2D eigenvalue weighted by Gasteiger charge is -2.19. The largest absolute Gasteiger partial charge is 0.493 e. The maximum absolute atomic E-state index is 12.4. The summed E-state index contributed by atoms with van der Waals surface area (Å²) in [6.45, 7) is 4.78. The molecule has 0 aliphatic heterocycles. The summed E-state index contributed by atoms with van der Waals surface area (Å²) in [5.74, 6) is 1.13. The van der Waals surface area contributed by atoms with Gasteiger partial charge in [-0.15, -0.1) is 0 Å². The van der Waals surface area contributed by atoms with Crippen molar-refractivity contribution < 1.29 is 9.53 Å². The van der Waals surface area contributed by atoms with Crippen LogP contribution >= 0.6 is 0 Å². The smallest absolute Gasteiger partial charge is 0.220 e. The molecule has 1 aliphatic carbocycles. The minimum absolute atomic E-state index is 0.191.